The van der Waals surface area contributed by atoms with Crippen LogP contribution in [0.2, 0.25) is 0 Å². The molecule has 3 heteroatoms. The molecule has 0 bridgehead atoms. The van der Waals surface area contributed by atoms with E-state index < -0.39 is 0 Å². The number of carbonyl (C=O) groups is 1. The van der Waals surface area contributed by atoms with Crippen LogP contribution in [-0.2, 0) is 6.54 Å². The molecule has 0 unspecified atom stereocenters. The molecule has 0 saturated heterocycles. The summed E-state index contributed by atoms with van der Waals surface area (Å²) in [4.78, 5) is 16.9. The van der Waals surface area contributed by atoms with Crippen molar-refractivity contribution in [3.05, 3.63) is 59.9 Å². The molecule has 1 N–H and O–H groups in total. The van der Waals surface area contributed by atoms with E-state index in [4.69, 9.17) is 0 Å². The fourth-order valence-corrected chi connectivity index (χ4v) is 1.91. The Morgan fingerprint density at radius 2 is 1.94 bits per heavy atom. The van der Waals surface area contributed by atoms with Gasteiger partial charge in [-0.15, -0.1) is 0 Å². The predicted octanol–water partition coefficient (Wildman–Crippen LogP) is 2.72. The summed E-state index contributed by atoms with van der Waals surface area (Å²) in [5.41, 5.74) is 1.97. The summed E-state index contributed by atoms with van der Waals surface area (Å²) in [6.45, 7) is 1.64. The van der Waals surface area contributed by atoms with Crippen LogP contribution < -0.4 is 0 Å². The quantitative estimate of drug-likeness (QED) is 0.791. The highest BCUT2D eigenvalue weighted by molar-refractivity contribution is 5.94. The lowest BCUT2D eigenvalue weighted by Gasteiger charge is -2.15. The van der Waals surface area contributed by atoms with Crippen LogP contribution in [0.15, 0.2) is 48.7 Å². The van der Waals surface area contributed by atoms with Crippen molar-refractivity contribution in [1.29, 1.82) is 0 Å². The van der Waals surface area contributed by atoms with Crippen molar-refractivity contribution in [2.45, 2.75) is 13.0 Å². The van der Waals surface area contributed by atoms with E-state index in [0.29, 0.717) is 12.1 Å². The molecule has 0 amide bonds. The Morgan fingerprint density at radius 3 is 2.61 bits per heavy atom. The van der Waals surface area contributed by atoms with Gasteiger partial charge in [-0.25, -0.2) is 0 Å². The number of hydrogen-bond acceptors (Lipinski definition) is 2. The van der Waals surface area contributed by atoms with Gasteiger partial charge in [0, 0.05) is 25.7 Å². The molecule has 3 nitrogen and oxygen atoms in total. The molecule has 0 fully saturated rings. The second-order valence-electron chi connectivity index (χ2n) is 4.48. The Morgan fingerprint density at radius 1 is 1.17 bits per heavy atom. The third kappa shape index (κ3) is 3.57. The molecule has 18 heavy (non-hydrogen) atoms. The van der Waals surface area contributed by atoms with Crippen molar-refractivity contribution in [3.8, 4) is 0 Å². The first kappa shape index (κ1) is 12.6. The molecule has 2 aromatic rings. The molecular formula is C15H18N2O. The van der Waals surface area contributed by atoms with Crippen LogP contribution in [-0.4, -0.2) is 29.3 Å². The fourth-order valence-electron chi connectivity index (χ4n) is 1.91. The van der Waals surface area contributed by atoms with Gasteiger partial charge in [0.2, 0.25) is 0 Å². The monoisotopic (exact) mass is 242 g/mol. The molecule has 0 aliphatic carbocycles. The van der Waals surface area contributed by atoms with Crippen LogP contribution in [0, 0.1) is 0 Å². The number of aromatic amines is 1. The van der Waals surface area contributed by atoms with E-state index in [1.54, 1.807) is 6.20 Å². The molecule has 94 valence electrons. The van der Waals surface area contributed by atoms with Gasteiger partial charge in [0.15, 0.2) is 5.78 Å². The highest BCUT2D eigenvalue weighted by Crippen LogP contribution is 2.05. The number of carbonyl (C=O) groups excluding carboxylic acids is 1. The predicted molar refractivity (Wildman–Crippen MR) is 72.5 cm³/mol. The first-order chi connectivity index (χ1) is 8.75. The zero-order valence-corrected chi connectivity index (χ0v) is 10.6. The van der Waals surface area contributed by atoms with E-state index >= 15 is 0 Å². The van der Waals surface area contributed by atoms with Gasteiger partial charge in [-0.2, -0.15) is 0 Å². The maximum atomic E-state index is 11.8. The van der Waals surface area contributed by atoms with Gasteiger partial charge in [0.1, 0.15) is 0 Å². The minimum absolute atomic E-state index is 0.167. The van der Waals surface area contributed by atoms with Crippen molar-refractivity contribution in [1.82, 2.24) is 9.88 Å². The topological polar surface area (TPSA) is 36.1 Å². The Labute approximate surface area is 107 Å². The van der Waals surface area contributed by atoms with Gasteiger partial charge in [0.25, 0.3) is 0 Å². The highest BCUT2D eigenvalue weighted by atomic mass is 16.1. The van der Waals surface area contributed by atoms with Crippen LogP contribution in [0.5, 0.6) is 0 Å². The average molecular weight is 242 g/mol. The van der Waals surface area contributed by atoms with Crippen LogP contribution in [0.25, 0.3) is 0 Å². The zero-order chi connectivity index (χ0) is 12.8. The molecule has 2 rings (SSSR count). The summed E-state index contributed by atoms with van der Waals surface area (Å²) in [5, 5.41) is 0. The summed E-state index contributed by atoms with van der Waals surface area (Å²) in [7, 11) is 2.04. The Balaban J connectivity index is 1.78. The van der Waals surface area contributed by atoms with Crippen LogP contribution in [0.4, 0.5) is 0 Å². The second-order valence-corrected chi connectivity index (χ2v) is 4.48. The molecule has 1 aromatic carbocycles. The summed E-state index contributed by atoms with van der Waals surface area (Å²) in [6.07, 6.45) is 2.32. The van der Waals surface area contributed by atoms with E-state index in [1.807, 2.05) is 37.4 Å². The average Bonchev–Trinajstić information content (AvgIpc) is 2.91. The molecule has 0 spiro atoms. The van der Waals surface area contributed by atoms with Crippen LogP contribution >= 0.6 is 0 Å². The number of H-pyrrole nitrogens is 1. The third-order valence-corrected chi connectivity index (χ3v) is 2.91. The number of ketones is 1. The summed E-state index contributed by atoms with van der Waals surface area (Å²) >= 11 is 0. The Hall–Kier alpha value is -1.87. The first-order valence-corrected chi connectivity index (χ1v) is 6.15. The minimum atomic E-state index is 0.167. The van der Waals surface area contributed by atoms with E-state index in [1.165, 1.54) is 5.56 Å². The Bertz CT molecular complexity index is 476. The zero-order valence-electron chi connectivity index (χ0n) is 10.6. The van der Waals surface area contributed by atoms with Crippen molar-refractivity contribution < 1.29 is 4.79 Å². The van der Waals surface area contributed by atoms with E-state index in [-0.39, 0.29) is 5.78 Å². The number of nitrogens with zero attached hydrogens (tertiary/aromatic N) is 1. The number of benzene rings is 1. The van der Waals surface area contributed by atoms with Gasteiger partial charge in [-0.1, -0.05) is 30.3 Å². The number of Topliss-reactive ketones (excluding diaryl/α,β-unsaturated/α-hetero) is 1. The lowest BCUT2D eigenvalue weighted by Crippen LogP contribution is -2.21. The number of aromatic nitrogens is 1. The van der Waals surface area contributed by atoms with Gasteiger partial charge in [-0.3, -0.25) is 4.79 Å². The number of nitrogens with one attached hydrogen (secondary N) is 1. The molecule has 0 aliphatic heterocycles. The molecule has 0 atom stereocenters. The van der Waals surface area contributed by atoms with Crippen molar-refractivity contribution in [3.63, 3.8) is 0 Å². The Kier molecular flexibility index (Phi) is 4.31. The highest BCUT2D eigenvalue weighted by Gasteiger charge is 2.08. The SMILES string of the molecule is CN(CCC(=O)c1ccc[nH]1)Cc1ccccc1. The van der Waals surface area contributed by atoms with Gasteiger partial charge < -0.3 is 9.88 Å². The summed E-state index contributed by atoms with van der Waals surface area (Å²) in [6, 6.07) is 14.0. The maximum absolute atomic E-state index is 11.8. The molecule has 1 heterocycles. The maximum Gasteiger partial charge on any atom is 0.180 e. The van der Waals surface area contributed by atoms with E-state index in [2.05, 4.69) is 22.0 Å². The van der Waals surface area contributed by atoms with Crippen molar-refractivity contribution >= 4 is 5.78 Å². The normalized spacial score (nSPS) is 10.8. The first-order valence-electron chi connectivity index (χ1n) is 6.15. The van der Waals surface area contributed by atoms with Crippen molar-refractivity contribution in [2.24, 2.45) is 0 Å². The summed E-state index contributed by atoms with van der Waals surface area (Å²) in [5.74, 6) is 0.167. The van der Waals surface area contributed by atoms with Crippen LogP contribution in [0.3, 0.4) is 0 Å². The van der Waals surface area contributed by atoms with E-state index in [0.717, 1.165) is 13.1 Å². The van der Waals surface area contributed by atoms with Gasteiger partial charge in [0.05, 0.1) is 5.69 Å². The van der Waals surface area contributed by atoms with Gasteiger partial charge >= 0.3 is 0 Å². The largest absolute Gasteiger partial charge is 0.359 e. The van der Waals surface area contributed by atoms with Crippen molar-refractivity contribution in [2.75, 3.05) is 13.6 Å². The standard InChI is InChI=1S/C15H18N2O/c1-17(12-13-6-3-2-4-7-13)11-9-15(18)14-8-5-10-16-14/h2-8,10,16H,9,11-12H2,1H3. The third-order valence-electron chi connectivity index (χ3n) is 2.91. The molecule has 1 aromatic heterocycles. The molecule has 0 aliphatic rings. The van der Waals surface area contributed by atoms with E-state index in [9.17, 15) is 4.79 Å². The summed E-state index contributed by atoms with van der Waals surface area (Å²) < 4.78 is 0. The number of hydrogen-bond donors (Lipinski definition) is 1. The molecule has 0 saturated carbocycles. The fraction of sp³-hybridized carbons (Fsp3) is 0.267. The lowest BCUT2D eigenvalue weighted by atomic mass is 10.2. The minimum Gasteiger partial charge on any atom is -0.359 e. The molecular weight excluding hydrogens is 224 g/mol. The second kappa shape index (κ2) is 6.17. The van der Waals surface area contributed by atoms with Crippen LogP contribution in [0.1, 0.15) is 22.5 Å². The lowest BCUT2D eigenvalue weighted by molar-refractivity contribution is 0.0963. The van der Waals surface area contributed by atoms with Gasteiger partial charge in [-0.05, 0) is 24.7 Å². The number of rotatable bonds is 6. The molecule has 0 radical (unpaired) electrons. The smallest absolute Gasteiger partial charge is 0.180 e.